The Morgan fingerprint density at radius 3 is 2.55 bits per heavy atom. The van der Waals surface area contributed by atoms with E-state index in [0.29, 0.717) is 0 Å². The van der Waals surface area contributed by atoms with Crippen molar-refractivity contribution in [3.63, 3.8) is 0 Å². The highest BCUT2D eigenvalue weighted by atomic mass is 16.5. The highest BCUT2D eigenvalue weighted by molar-refractivity contribution is 5.75. The number of carbonyl (C=O) groups excluding carboxylic acids is 1. The molecule has 2 fully saturated rings. The highest BCUT2D eigenvalue weighted by Gasteiger charge is 2.65. The zero-order valence-electron chi connectivity index (χ0n) is 11.0. The number of carboxylic acids is 1. The Balaban J connectivity index is 1.38. The number of rotatable bonds is 4. The summed E-state index contributed by atoms with van der Waals surface area (Å²) in [6.45, 7) is 0.252. The second-order valence-electron chi connectivity index (χ2n) is 5.77. The number of aliphatic carboxylic acids is 1. The number of carboxylic acid groups (broad SMARTS) is 1. The first-order chi connectivity index (χ1) is 9.59. The average molecular weight is 275 g/mol. The van der Waals surface area contributed by atoms with Crippen LogP contribution in [0.4, 0.5) is 4.79 Å². The molecule has 106 valence electrons. The molecule has 2 aliphatic rings. The first kappa shape index (κ1) is 13.0. The second kappa shape index (κ2) is 4.81. The number of hydrogen-bond donors (Lipinski definition) is 2. The van der Waals surface area contributed by atoms with E-state index in [1.54, 1.807) is 0 Å². The predicted octanol–water partition coefficient (Wildman–Crippen LogP) is 2.17. The van der Waals surface area contributed by atoms with E-state index in [0.717, 1.165) is 24.8 Å². The molecule has 5 nitrogen and oxygen atoms in total. The van der Waals surface area contributed by atoms with Crippen molar-refractivity contribution in [2.75, 3.05) is 0 Å². The van der Waals surface area contributed by atoms with Gasteiger partial charge in [0.2, 0.25) is 0 Å². The lowest BCUT2D eigenvalue weighted by atomic mass is 9.75. The fraction of sp³-hybridized carbons (Fsp3) is 0.467. The van der Waals surface area contributed by atoms with Crippen molar-refractivity contribution in [2.45, 2.75) is 31.9 Å². The normalized spacial score (nSPS) is 30.4. The lowest BCUT2D eigenvalue weighted by molar-refractivity contribution is -0.140. The van der Waals surface area contributed by atoms with Crippen LogP contribution in [0, 0.1) is 11.3 Å². The van der Waals surface area contributed by atoms with E-state index in [1.165, 1.54) is 0 Å². The minimum atomic E-state index is -0.713. The summed E-state index contributed by atoms with van der Waals surface area (Å²) in [5, 5.41) is 11.7. The number of carbonyl (C=O) groups is 2. The standard InChI is InChI=1S/C15H17NO4/c17-13(18)12-8-15(12)6-11(7-15)16-14(19)20-9-10-4-2-1-3-5-10/h1-5,11-12H,6-9H2,(H,16,19)(H,17,18)/t11?,12-,15?/m0/s1. The summed E-state index contributed by atoms with van der Waals surface area (Å²) in [6, 6.07) is 9.55. The van der Waals surface area contributed by atoms with Crippen LogP contribution in [0.25, 0.3) is 0 Å². The van der Waals surface area contributed by atoms with Crippen LogP contribution in [0.2, 0.25) is 0 Å². The van der Waals surface area contributed by atoms with Crippen LogP contribution in [-0.4, -0.2) is 23.2 Å². The van der Waals surface area contributed by atoms with Gasteiger partial charge in [-0.2, -0.15) is 0 Å². The molecule has 0 saturated heterocycles. The Morgan fingerprint density at radius 2 is 1.95 bits per heavy atom. The van der Waals surface area contributed by atoms with Crippen molar-refractivity contribution in [2.24, 2.45) is 11.3 Å². The molecular formula is C15H17NO4. The maximum atomic E-state index is 11.6. The third-order valence-corrected chi connectivity index (χ3v) is 4.33. The molecule has 1 aromatic carbocycles. The summed E-state index contributed by atoms with van der Waals surface area (Å²) >= 11 is 0. The predicted molar refractivity (Wildman–Crippen MR) is 71.0 cm³/mol. The van der Waals surface area contributed by atoms with Crippen molar-refractivity contribution in [1.82, 2.24) is 5.32 Å². The molecule has 0 radical (unpaired) electrons. The SMILES string of the molecule is O=C(NC1CC2(C1)C[C@H]2C(=O)O)OCc1ccccc1. The minimum absolute atomic E-state index is 0.0385. The number of benzene rings is 1. The van der Waals surface area contributed by atoms with Gasteiger partial charge in [-0.3, -0.25) is 4.79 Å². The molecule has 1 aromatic rings. The van der Waals surface area contributed by atoms with Crippen molar-refractivity contribution < 1.29 is 19.4 Å². The van der Waals surface area contributed by atoms with E-state index in [1.807, 2.05) is 30.3 Å². The number of hydrogen-bond acceptors (Lipinski definition) is 3. The summed E-state index contributed by atoms with van der Waals surface area (Å²) in [5.41, 5.74) is 0.907. The second-order valence-corrected chi connectivity index (χ2v) is 5.77. The van der Waals surface area contributed by atoms with Crippen molar-refractivity contribution in [1.29, 1.82) is 0 Å². The third-order valence-electron chi connectivity index (χ3n) is 4.33. The molecule has 20 heavy (non-hydrogen) atoms. The first-order valence-corrected chi connectivity index (χ1v) is 6.79. The van der Waals surface area contributed by atoms with E-state index in [9.17, 15) is 9.59 Å². The van der Waals surface area contributed by atoms with Crippen LogP contribution in [0.15, 0.2) is 30.3 Å². The van der Waals surface area contributed by atoms with Gasteiger partial charge in [0, 0.05) is 6.04 Å². The van der Waals surface area contributed by atoms with Crippen molar-refractivity contribution >= 4 is 12.1 Å². The Kier molecular flexibility index (Phi) is 3.12. The fourth-order valence-electron chi connectivity index (χ4n) is 3.10. The molecule has 2 saturated carbocycles. The van der Waals surface area contributed by atoms with Gasteiger partial charge in [-0.05, 0) is 30.2 Å². The van der Waals surface area contributed by atoms with E-state index in [-0.39, 0.29) is 24.0 Å². The lowest BCUT2D eigenvalue weighted by Crippen LogP contribution is -2.46. The summed E-state index contributed by atoms with van der Waals surface area (Å²) in [4.78, 5) is 22.5. The van der Waals surface area contributed by atoms with Crippen LogP contribution in [0.3, 0.4) is 0 Å². The van der Waals surface area contributed by atoms with Crippen LogP contribution in [0.5, 0.6) is 0 Å². The van der Waals surface area contributed by atoms with E-state index in [4.69, 9.17) is 9.84 Å². The van der Waals surface area contributed by atoms with Crippen LogP contribution in [-0.2, 0) is 16.1 Å². The summed E-state index contributed by atoms with van der Waals surface area (Å²) < 4.78 is 5.13. The molecule has 1 amide bonds. The summed E-state index contributed by atoms with van der Waals surface area (Å²) in [7, 11) is 0. The molecule has 0 unspecified atom stereocenters. The van der Waals surface area contributed by atoms with Gasteiger partial charge < -0.3 is 15.2 Å². The van der Waals surface area contributed by atoms with E-state index >= 15 is 0 Å². The van der Waals surface area contributed by atoms with Gasteiger partial charge in [-0.15, -0.1) is 0 Å². The molecule has 5 heteroatoms. The molecule has 0 aliphatic heterocycles. The van der Waals surface area contributed by atoms with Crippen LogP contribution >= 0.6 is 0 Å². The highest BCUT2D eigenvalue weighted by Crippen LogP contribution is 2.65. The number of nitrogens with one attached hydrogen (secondary N) is 1. The van der Waals surface area contributed by atoms with Crippen molar-refractivity contribution in [3.05, 3.63) is 35.9 Å². The topological polar surface area (TPSA) is 75.6 Å². The third kappa shape index (κ3) is 2.48. The van der Waals surface area contributed by atoms with Gasteiger partial charge >= 0.3 is 12.1 Å². The van der Waals surface area contributed by atoms with Gasteiger partial charge in [-0.25, -0.2) is 4.79 Å². The zero-order chi connectivity index (χ0) is 14.2. The molecule has 3 rings (SSSR count). The van der Waals surface area contributed by atoms with Gasteiger partial charge in [-0.1, -0.05) is 30.3 Å². The smallest absolute Gasteiger partial charge is 0.407 e. The summed E-state index contributed by atoms with van der Waals surface area (Å²) in [5.74, 6) is -0.920. The monoisotopic (exact) mass is 275 g/mol. The molecule has 0 aromatic heterocycles. The Morgan fingerprint density at radius 1 is 1.25 bits per heavy atom. The number of alkyl carbamates (subject to hydrolysis) is 1. The van der Waals surface area contributed by atoms with Gasteiger partial charge in [0.1, 0.15) is 6.61 Å². The van der Waals surface area contributed by atoms with E-state index in [2.05, 4.69) is 5.32 Å². The lowest BCUT2D eigenvalue weighted by Gasteiger charge is -2.36. The Bertz CT molecular complexity index is 522. The maximum absolute atomic E-state index is 11.6. The Labute approximate surface area is 116 Å². The molecule has 2 N–H and O–H groups in total. The molecule has 2 aliphatic carbocycles. The van der Waals surface area contributed by atoms with Gasteiger partial charge in [0.25, 0.3) is 0 Å². The Hall–Kier alpha value is -2.04. The number of amides is 1. The minimum Gasteiger partial charge on any atom is -0.481 e. The van der Waals surface area contributed by atoms with Crippen LogP contribution < -0.4 is 5.32 Å². The molecule has 0 heterocycles. The fourth-order valence-corrected chi connectivity index (χ4v) is 3.10. The van der Waals surface area contributed by atoms with Crippen molar-refractivity contribution in [3.8, 4) is 0 Å². The van der Waals surface area contributed by atoms with Gasteiger partial charge in [0.15, 0.2) is 0 Å². The largest absolute Gasteiger partial charge is 0.481 e. The van der Waals surface area contributed by atoms with Crippen LogP contribution in [0.1, 0.15) is 24.8 Å². The molecule has 0 bridgehead atoms. The van der Waals surface area contributed by atoms with E-state index < -0.39 is 12.1 Å². The molecule has 1 atom stereocenters. The maximum Gasteiger partial charge on any atom is 0.407 e. The first-order valence-electron chi connectivity index (χ1n) is 6.79. The van der Waals surface area contributed by atoms with Gasteiger partial charge in [0.05, 0.1) is 5.92 Å². The summed E-state index contributed by atoms with van der Waals surface area (Å²) in [6.07, 6.45) is 1.83. The average Bonchev–Trinajstić information content (AvgIpc) is 3.13. The number of ether oxygens (including phenoxy) is 1. The quantitative estimate of drug-likeness (QED) is 0.883. The molecule has 1 spiro atoms. The molecular weight excluding hydrogens is 258 g/mol. The zero-order valence-corrected chi connectivity index (χ0v) is 11.0.